The second-order valence-electron chi connectivity index (χ2n) is 11.1. The summed E-state index contributed by atoms with van der Waals surface area (Å²) in [5.74, 6) is 0.618. The lowest BCUT2D eigenvalue weighted by molar-refractivity contribution is -0.0255. The first-order valence-corrected chi connectivity index (χ1v) is 15.0. The highest BCUT2D eigenvalue weighted by Gasteiger charge is 2.37. The molecule has 33 heavy (non-hydrogen) atoms. The Hall–Kier alpha value is -1.18. The first-order valence-electron chi connectivity index (χ1n) is 12.1. The maximum absolute atomic E-state index is 10.9. The van der Waals surface area contributed by atoms with Gasteiger partial charge in [0.1, 0.15) is 5.75 Å². The van der Waals surface area contributed by atoms with Crippen molar-refractivity contribution < 1.29 is 24.1 Å². The van der Waals surface area contributed by atoms with Crippen LogP contribution in [0, 0.1) is 17.8 Å². The summed E-state index contributed by atoms with van der Waals surface area (Å²) in [6, 6.07) is 7.75. The van der Waals surface area contributed by atoms with Crippen molar-refractivity contribution in [3.05, 3.63) is 41.5 Å². The molecule has 0 heterocycles. The summed E-state index contributed by atoms with van der Waals surface area (Å²) in [6.45, 7) is 20.6. The smallest absolute Gasteiger partial charge is 0.192 e. The van der Waals surface area contributed by atoms with Crippen molar-refractivity contribution in [1.82, 2.24) is 0 Å². The minimum atomic E-state index is -1.79. The molecule has 0 spiro atoms. The standard InChI is InChI=1S/C27H48O5Si/c1-19(16-32-33(9,10)27(5,6)7)15-20(2)25(28)22(4)26(29)21(3)17-31-18-23-11-13-24(30-8)14-12-23/h11-15,19,21-22,25-26,28-29H,16-18H2,1-10H3/b20-15+/t19-,21-,22+,25-,26+/m0/s1. The van der Waals surface area contributed by atoms with Crippen molar-refractivity contribution >= 4 is 8.32 Å². The summed E-state index contributed by atoms with van der Waals surface area (Å²) < 4.78 is 17.3. The van der Waals surface area contributed by atoms with Gasteiger partial charge in [0.15, 0.2) is 8.32 Å². The molecule has 0 amide bonds. The topological polar surface area (TPSA) is 68.2 Å². The van der Waals surface area contributed by atoms with Gasteiger partial charge < -0.3 is 24.1 Å². The first kappa shape index (κ1) is 29.8. The van der Waals surface area contributed by atoms with Crippen LogP contribution in [0.5, 0.6) is 5.75 Å². The minimum Gasteiger partial charge on any atom is -0.497 e. The summed E-state index contributed by atoms with van der Waals surface area (Å²) in [7, 11) is -0.151. The Labute approximate surface area is 203 Å². The Bertz CT molecular complexity index is 723. The molecule has 0 radical (unpaired) electrons. The van der Waals surface area contributed by atoms with E-state index in [4.69, 9.17) is 13.9 Å². The Morgan fingerprint density at radius 3 is 2.12 bits per heavy atom. The van der Waals surface area contributed by atoms with E-state index in [1.165, 1.54) is 0 Å². The molecule has 190 valence electrons. The van der Waals surface area contributed by atoms with Crippen LogP contribution in [0.25, 0.3) is 0 Å². The van der Waals surface area contributed by atoms with Crippen LogP contribution in [0.15, 0.2) is 35.9 Å². The van der Waals surface area contributed by atoms with Crippen molar-refractivity contribution in [2.75, 3.05) is 20.3 Å². The summed E-state index contributed by atoms with van der Waals surface area (Å²) in [5.41, 5.74) is 1.93. The van der Waals surface area contributed by atoms with Crippen LogP contribution >= 0.6 is 0 Å². The van der Waals surface area contributed by atoms with Crippen LogP contribution in [0.3, 0.4) is 0 Å². The molecule has 1 aromatic rings. The van der Waals surface area contributed by atoms with Gasteiger partial charge in [-0.15, -0.1) is 0 Å². The number of ether oxygens (including phenoxy) is 2. The van der Waals surface area contributed by atoms with E-state index in [1.54, 1.807) is 7.11 Å². The predicted molar refractivity (Wildman–Crippen MR) is 139 cm³/mol. The molecule has 0 unspecified atom stereocenters. The maximum atomic E-state index is 10.9. The zero-order chi connectivity index (χ0) is 25.4. The number of benzene rings is 1. The fourth-order valence-corrected chi connectivity index (χ4v) is 4.57. The third kappa shape index (κ3) is 9.53. The lowest BCUT2D eigenvalue weighted by atomic mass is 9.86. The van der Waals surface area contributed by atoms with Gasteiger partial charge in [-0.3, -0.25) is 0 Å². The largest absolute Gasteiger partial charge is 0.497 e. The third-order valence-corrected chi connectivity index (χ3v) is 11.5. The zero-order valence-corrected chi connectivity index (χ0v) is 23.5. The summed E-state index contributed by atoms with van der Waals surface area (Å²) in [6.07, 6.45) is 0.698. The third-order valence-electron chi connectivity index (χ3n) is 6.96. The SMILES string of the molecule is COc1ccc(COC[C@H](C)[C@@H](O)[C@H](C)[C@@H](O)/C(C)=C/[C@H](C)CO[Si](C)(C)C(C)(C)C)cc1. The van der Waals surface area contributed by atoms with Gasteiger partial charge in [-0.25, -0.2) is 0 Å². The maximum Gasteiger partial charge on any atom is 0.192 e. The minimum absolute atomic E-state index is 0.0972. The number of hydrogen-bond donors (Lipinski definition) is 2. The van der Waals surface area contributed by atoms with Crippen molar-refractivity contribution in [3.63, 3.8) is 0 Å². The molecule has 2 N–H and O–H groups in total. The van der Waals surface area contributed by atoms with Gasteiger partial charge in [0, 0.05) is 18.4 Å². The summed E-state index contributed by atoms with van der Waals surface area (Å²) in [5, 5.41) is 21.8. The molecular weight excluding hydrogens is 432 g/mol. The van der Waals surface area contributed by atoms with E-state index in [-0.39, 0.29) is 22.8 Å². The molecule has 0 aliphatic heterocycles. The fraction of sp³-hybridized carbons (Fsp3) is 0.704. The molecule has 0 fully saturated rings. The average Bonchev–Trinajstić information content (AvgIpc) is 2.75. The quantitative estimate of drug-likeness (QED) is 0.275. The normalized spacial score (nSPS) is 17.9. The highest BCUT2D eigenvalue weighted by molar-refractivity contribution is 6.74. The Morgan fingerprint density at radius 1 is 1.03 bits per heavy atom. The second-order valence-corrected chi connectivity index (χ2v) is 15.9. The Morgan fingerprint density at radius 2 is 1.61 bits per heavy atom. The molecule has 0 saturated heterocycles. The van der Waals surface area contributed by atoms with Gasteiger partial charge in [-0.05, 0) is 54.2 Å². The number of methoxy groups -OCH3 is 1. The van der Waals surface area contributed by atoms with E-state index < -0.39 is 20.5 Å². The fourth-order valence-electron chi connectivity index (χ4n) is 3.45. The van der Waals surface area contributed by atoms with Crippen molar-refractivity contribution in [2.45, 2.75) is 85.4 Å². The molecule has 0 aromatic heterocycles. The highest BCUT2D eigenvalue weighted by atomic mass is 28.4. The van der Waals surface area contributed by atoms with E-state index in [9.17, 15) is 10.2 Å². The van der Waals surface area contributed by atoms with E-state index in [2.05, 4.69) is 46.9 Å². The van der Waals surface area contributed by atoms with Gasteiger partial charge >= 0.3 is 0 Å². The van der Waals surface area contributed by atoms with Crippen LogP contribution < -0.4 is 4.74 Å². The van der Waals surface area contributed by atoms with Crippen LogP contribution in [0.4, 0.5) is 0 Å². The molecule has 0 saturated carbocycles. The van der Waals surface area contributed by atoms with Crippen LogP contribution in [-0.4, -0.2) is 51.1 Å². The zero-order valence-electron chi connectivity index (χ0n) is 22.5. The lowest BCUT2D eigenvalue weighted by Crippen LogP contribution is -2.41. The lowest BCUT2D eigenvalue weighted by Gasteiger charge is -2.37. The van der Waals surface area contributed by atoms with Gasteiger partial charge in [0.05, 0.1) is 32.5 Å². The van der Waals surface area contributed by atoms with Gasteiger partial charge in [-0.1, -0.05) is 59.8 Å². The molecular formula is C27H48O5Si. The van der Waals surface area contributed by atoms with E-state index in [0.717, 1.165) is 16.9 Å². The molecule has 0 aliphatic carbocycles. The Balaban J connectivity index is 2.55. The number of aliphatic hydroxyl groups is 2. The molecule has 0 aliphatic rings. The molecule has 5 nitrogen and oxygen atoms in total. The molecule has 0 bridgehead atoms. The molecule has 1 rings (SSSR count). The first-order chi connectivity index (χ1) is 15.2. The van der Waals surface area contributed by atoms with Crippen molar-refractivity contribution in [1.29, 1.82) is 0 Å². The van der Waals surface area contributed by atoms with Gasteiger partial charge in [-0.2, -0.15) is 0 Å². The molecule has 1 aromatic carbocycles. The van der Waals surface area contributed by atoms with E-state index >= 15 is 0 Å². The van der Waals surface area contributed by atoms with Crippen molar-refractivity contribution in [3.8, 4) is 5.75 Å². The van der Waals surface area contributed by atoms with Crippen LogP contribution in [-0.2, 0) is 15.8 Å². The number of aliphatic hydroxyl groups excluding tert-OH is 2. The number of hydrogen-bond acceptors (Lipinski definition) is 5. The monoisotopic (exact) mass is 480 g/mol. The summed E-state index contributed by atoms with van der Waals surface area (Å²) in [4.78, 5) is 0. The summed E-state index contributed by atoms with van der Waals surface area (Å²) >= 11 is 0. The molecule has 5 atom stereocenters. The van der Waals surface area contributed by atoms with Gasteiger partial charge in [0.25, 0.3) is 0 Å². The highest BCUT2D eigenvalue weighted by Crippen LogP contribution is 2.37. The number of rotatable bonds is 13. The van der Waals surface area contributed by atoms with Crippen LogP contribution in [0.2, 0.25) is 18.1 Å². The van der Waals surface area contributed by atoms with Gasteiger partial charge in [0.2, 0.25) is 0 Å². The van der Waals surface area contributed by atoms with E-state index in [0.29, 0.717) is 19.8 Å². The predicted octanol–water partition coefficient (Wildman–Crippen LogP) is 5.81. The second kappa shape index (κ2) is 13.1. The molecule has 6 heteroatoms. The van der Waals surface area contributed by atoms with Crippen molar-refractivity contribution in [2.24, 2.45) is 17.8 Å². The van der Waals surface area contributed by atoms with Crippen LogP contribution in [0.1, 0.15) is 54.0 Å². The van der Waals surface area contributed by atoms with E-state index in [1.807, 2.05) is 45.0 Å². The average molecular weight is 481 g/mol. The Kier molecular flexibility index (Phi) is 11.8.